The van der Waals surface area contributed by atoms with Crippen LogP contribution in [0.5, 0.6) is 0 Å². The predicted molar refractivity (Wildman–Crippen MR) is 54.7 cm³/mol. The lowest BCUT2D eigenvalue weighted by Gasteiger charge is -1.99. The van der Waals surface area contributed by atoms with Gasteiger partial charge < -0.3 is 0 Å². The summed E-state index contributed by atoms with van der Waals surface area (Å²) < 4.78 is 0. The van der Waals surface area contributed by atoms with E-state index in [0.29, 0.717) is 0 Å². The summed E-state index contributed by atoms with van der Waals surface area (Å²) in [7, 11) is 0. The van der Waals surface area contributed by atoms with Crippen molar-refractivity contribution in [2.75, 3.05) is 0 Å². The molecule has 0 fully saturated rings. The third kappa shape index (κ3) is 2.54. The van der Waals surface area contributed by atoms with E-state index in [4.69, 9.17) is 0 Å². The van der Waals surface area contributed by atoms with Crippen molar-refractivity contribution in [1.29, 1.82) is 0 Å². The first-order valence-corrected chi connectivity index (χ1v) is 4.42. The second kappa shape index (κ2) is 4.76. The molecule has 1 aromatic rings. The minimum Gasteiger partial charge on any atom is -0.0807 e. The van der Waals surface area contributed by atoms with E-state index in [9.17, 15) is 0 Å². The average Bonchev–Trinajstić information content (AvgIpc) is 2.15. The zero-order valence-corrected chi connectivity index (χ0v) is 7.59. The van der Waals surface area contributed by atoms with Crippen LogP contribution >= 0.6 is 0 Å². The summed E-state index contributed by atoms with van der Waals surface area (Å²) in [5.74, 6) is 0. The van der Waals surface area contributed by atoms with E-state index in [1.165, 1.54) is 12.0 Å². The second-order valence-corrected chi connectivity index (χ2v) is 2.88. The first-order valence-electron chi connectivity index (χ1n) is 4.42. The quantitative estimate of drug-likeness (QED) is 0.630. The number of unbranched alkanes of at least 4 members (excludes halogenated alkanes) is 1. The third-order valence-corrected chi connectivity index (χ3v) is 1.82. The maximum atomic E-state index is 4.01. The Morgan fingerprint density at radius 1 is 1.33 bits per heavy atom. The van der Waals surface area contributed by atoms with Crippen LogP contribution in [0.3, 0.4) is 0 Å². The van der Waals surface area contributed by atoms with Crippen molar-refractivity contribution in [2.45, 2.75) is 19.8 Å². The minimum absolute atomic E-state index is 1.12. The van der Waals surface area contributed by atoms with Gasteiger partial charge >= 0.3 is 0 Å². The van der Waals surface area contributed by atoms with E-state index in [1.54, 1.807) is 0 Å². The summed E-state index contributed by atoms with van der Waals surface area (Å²) in [5, 5.41) is 0. The van der Waals surface area contributed by atoms with Crippen molar-refractivity contribution in [1.82, 2.24) is 0 Å². The van der Waals surface area contributed by atoms with Crippen LogP contribution in [0.15, 0.2) is 36.4 Å². The summed E-state index contributed by atoms with van der Waals surface area (Å²) >= 11 is 0. The molecule has 0 amide bonds. The number of rotatable bonds is 3. The first kappa shape index (κ1) is 9.05. The van der Waals surface area contributed by atoms with Crippen LogP contribution in [0.25, 0.3) is 5.57 Å². The van der Waals surface area contributed by atoms with Crippen LogP contribution in [0, 0.1) is 6.92 Å². The molecule has 0 heteroatoms. The molecular weight excluding hydrogens is 144 g/mol. The van der Waals surface area contributed by atoms with Crippen molar-refractivity contribution in [3.05, 3.63) is 48.9 Å². The summed E-state index contributed by atoms with van der Waals surface area (Å²) in [6, 6.07) is 10.3. The second-order valence-electron chi connectivity index (χ2n) is 2.88. The summed E-state index contributed by atoms with van der Waals surface area (Å²) in [6.07, 6.45) is 4.49. The highest BCUT2D eigenvalue weighted by molar-refractivity contribution is 5.68. The van der Waals surface area contributed by atoms with Crippen molar-refractivity contribution in [3.63, 3.8) is 0 Å². The standard InChI is InChI=1S/C12H15/c1-3-4-8-11(2)12-9-6-5-7-10-12/h5-10H,2-4H2,1H3. The Kier molecular flexibility index (Phi) is 3.59. The number of benzene rings is 1. The van der Waals surface area contributed by atoms with Gasteiger partial charge in [-0.25, -0.2) is 0 Å². The summed E-state index contributed by atoms with van der Waals surface area (Å²) in [5.41, 5.74) is 2.36. The van der Waals surface area contributed by atoms with Gasteiger partial charge in [0.15, 0.2) is 0 Å². The molecule has 0 atom stereocenters. The smallest absolute Gasteiger partial charge is 0.0228 e. The Labute approximate surface area is 74.9 Å². The van der Waals surface area contributed by atoms with Crippen molar-refractivity contribution >= 4 is 5.57 Å². The fraction of sp³-hybridized carbons (Fsp3) is 0.250. The monoisotopic (exact) mass is 159 g/mol. The van der Waals surface area contributed by atoms with Gasteiger partial charge in [0.25, 0.3) is 0 Å². The normalized spacial score (nSPS) is 11.7. The van der Waals surface area contributed by atoms with Gasteiger partial charge in [-0.1, -0.05) is 49.8 Å². The molecule has 0 unspecified atom stereocenters. The molecule has 0 aliphatic carbocycles. The van der Waals surface area contributed by atoms with Gasteiger partial charge in [-0.3, -0.25) is 0 Å². The lowest BCUT2D eigenvalue weighted by molar-refractivity contribution is 0.960. The molecule has 0 saturated heterocycles. The lowest BCUT2D eigenvalue weighted by Crippen LogP contribution is -1.77. The van der Waals surface area contributed by atoms with Gasteiger partial charge in [-0.05, 0) is 24.5 Å². The average molecular weight is 159 g/mol. The first-order chi connectivity index (χ1) is 5.84. The van der Waals surface area contributed by atoms with Crippen LogP contribution in [0.4, 0.5) is 0 Å². The molecule has 12 heavy (non-hydrogen) atoms. The van der Waals surface area contributed by atoms with Crippen LogP contribution in [0.1, 0.15) is 25.3 Å². The van der Waals surface area contributed by atoms with E-state index < -0.39 is 0 Å². The van der Waals surface area contributed by atoms with Crippen molar-refractivity contribution in [3.8, 4) is 0 Å². The number of hydrogen-bond donors (Lipinski definition) is 0. The van der Waals surface area contributed by atoms with Gasteiger partial charge in [0.05, 0.1) is 0 Å². The van der Waals surface area contributed by atoms with Crippen molar-refractivity contribution < 1.29 is 0 Å². The van der Waals surface area contributed by atoms with Crippen LogP contribution in [-0.2, 0) is 0 Å². The van der Waals surface area contributed by atoms with Crippen molar-refractivity contribution in [2.24, 2.45) is 0 Å². The number of allylic oxidation sites excluding steroid dienone is 2. The number of hydrogen-bond acceptors (Lipinski definition) is 0. The predicted octanol–water partition coefficient (Wildman–Crippen LogP) is 3.70. The maximum Gasteiger partial charge on any atom is -0.0228 e. The zero-order chi connectivity index (χ0) is 8.81. The molecule has 0 spiro atoms. The molecule has 0 N–H and O–H groups in total. The van der Waals surface area contributed by atoms with E-state index in [0.717, 1.165) is 12.0 Å². The van der Waals surface area contributed by atoms with Gasteiger partial charge in [-0.15, -0.1) is 0 Å². The Morgan fingerprint density at radius 2 is 2.00 bits per heavy atom. The topological polar surface area (TPSA) is 0 Å². The van der Waals surface area contributed by atoms with E-state index >= 15 is 0 Å². The zero-order valence-electron chi connectivity index (χ0n) is 7.59. The summed E-state index contributed by atoms with van der Waals surface area (Å²) in [4.78, 5) is 0. The molecule has 1 aromatic carbocycles. The highest BCUT2D eigenvalue weighted by Crippen LogP contribution is 2.13. The molecule has 0 saturated carbocycles. The van der Waals surface area contributed by atoms with Crippen LogP contribution < -0.4 is 0 Å². The molecule has 63 valence electrons. The van der Waals surface area contributed by atoms with Gasteiger partial charge in [-0.2, -0.15) is 0 Å². The van der Waals surface area contributed by atoms with Crippen LogP contribution in [0.2, 0.25) is 0 Å². The maximum absolute atomic E-state index is 4.01. The van der Waals surface area contributed by atoms with Gasteiger partial charge in [0.2, 0.25) is 0 Å². The molecule has 0 aromatic heterocycles. The molecule has 0 nitrogen and oxygen atoms in total. The molecule has 0 aliphatic heterocycles. The van der Waals surface area contributed by atoms with Gasteiger partial charge in [0.1, 0.15) is 0 Å². The van der Waals surface area contributed by atoms with E-state index in [1.807, 2.05) is 18.2 Å². The Balaban J connectivity index is 2.71. The molecule has 0 aliphatic rings. The Bertz CT molecular complexity index is 244. The van der Waals surface area contributed by atoms with Crippen LogP contribution in [-0.4, -0.2) is 0 Å². The molecule has 0 bridgehead atoms. The molecule has 1 radical (unpaired) electrons. The summed E-state index contributed by atoms with van der Waals surface area (Å²) in [6.45, 7) is 6.18. The molecule has 0 heterocycles. The van der Waals surface area contributed by atoms with E-state index in [-0.39, 0.29) is 0 Å². The molecule has 1 rings (SSSR count). The fourth-order valence-electron chi connectivity index (χ4n) is 1.09. The Hall–Kier alpha value is -1.04. The third-order valence-electron chi connectivity index (χ3n) is 1.82. The van der Waals surface area contributed by atoms with Gasteiger partial charge in [0, 0.05) is 0 Å². The highest BCUT2D eigenvalue weighted by atomic mass is 14.0. The lowest BCUT2D eigenvalue weighted by atomic mass is 10.1. The van der Waals surface area contributed by atoms with E-state index in [2.05, 4.69) is 32.1 Å². The highest BCUT2D eigenvalue weighted by Gasteiger charge is 1.91. The SMILES string of the molecule is [CH2]C(=CCCC)c1ccccc1. The minimum atomic E-state index is 1.12. The largest absolute Gasteiger partial charge is 0.0807 e. The fourth-order valence-corrected chi connectivity index (χ4v) is 1.09. The Morgan fingerprint density at radius 3 is 2.58 bits per heavy atom. The molecular formula is C12H15.